The number of hydrogen-bond acceptors (Lipinski definition) is 2. The summed E-state index contributed by atoms with van der Waals surface area (Å²) < 4.78 is 0. The number of benzene rings is 1. The van der Waals surface area contributed by atoms with Crippen LogP contribution >= 0.6 is 23.4 Å². The van der Waals surface area contributed by atoms with Crippen molar-refractivity contribution in [2.75, 3.05) is 12.8 Å². The Bertz CT molecular complexity index is 276. The number of thioether (sulfide) groups is 1. The van der Waals surface area contributed by atoms with E-state index in [0.29, 0.717) is 0 Å². The summed E-state index contributed by atoms with van der Waals surface area (Å²) in [4.78, 5) is 1.26. The van der Waals surface area contributed by atoms with Gasteiger partial charge in [-0.3, -0.25) is 0 Å². The lowest BCUT2D eigenvalue weighted by Gasteiger charge is -2.08. The molecule has 0 aliphatic carbocycles. The van der Waals surface area contributed by atoms with E-state index in [4.69, 9.17) is 17.3 Å². The average molecular weight is 216 g/mol. The molecule has 0 bridgehead atoms. The van der Waals surface area contributed by atoms with Crippen molar-refractivity contribution in [2.45, 2.75) is 17.7 Å². The molecule has 0 saturated carbocycles. The van der Waals surface area contributed by atoms with Crippen LogP contribution in [0.25, 0.3) is 0 Å². The van der Waals surface area contributed by atoms with Gasteiger partial charge >= 0.3 is 0 Å². The summed E-state index contributed by atoms with van der Waals surface area (Å²) in [6.07, 6.45) is 4.04. The Morgan fingerprint density at radius 2 is 2.23 bits per heavy atom. The lowest BCUT2D eigenvalue weighted by atomic mass is 10.1. The molecule has 1 aromatic rings. The van der Waals surface area contributed by atoms with Crippen LogP contribution in [0.2, 0.25) is 5.02 Å². The van der Waals surface area contributed by atoms with Gasteiger partial charge in [0, 0.05) is 9.92 Å². The second kappa shape index (κ2) is 5.53. The molecular formula is C10H14ClNS. The molecule has 1 nitrogen and oxygen atoms in total. The fourth-order valence-electron chi connectivity index (χ4n) is 1.25. The van der Waals surface area contributed by atoms with Gasteiger partial charge < -0.3 is 5.73 Å². The van der Waals surface area contributed by atoms with Gasteiger partial charge in [0.1, 0.15) is 0 Å². The Morgan fingerprint density at radius 1 is 1.46 bits per heavy atom. The predicted molar refractivity (Wildman–Crippen MR) is 60.6 cm³/mol. The Hall–Kier alpha value is -0.180. The largest absolute Gasteiger partial charge is 0.330 e. The molecule has 72 valence electrons. The SMILES string of the molecule is CSc1cccc(Cl)c1CCCN. The smallest absolute Gasteiger partial charge is 0.0449 e. The first-order valence-electron chi connectivity index (χ1n) is 4.31. The average Bonchev–Trinajstić information content (AvgIpc) is 2.15. The maximum absolute atomic E-state index is 6.09. The first-order chi connectivity index (χ1) is 6.29. The molecule has 3 heteroatoms. The molecule has 0 spiro atoms. The van der Waals surface area contributed by atoms with Crippen LogP contribution < -0.4 is 5.73 Å². The fraction of sp³-hybridized carbons (Fsp3) is 0.400. The zero-order valence-corrected chi connectivity index (χ0v) is 9.29. The summed E-state index contributed by atoms with van der Waals surface area (Å²) in [7, 11) is 0. The third-order valence-electron chi connectivity index (χ3n) is 1.93. The molecule has 13 heavy (non-hydrogen) atoms. The van der Waals surface area contributed by atoms with Gasteiger partial charge in [0.2, 0.25) is 0 Å². The molecule has 0 unspecified atom stereocenters. The molecule has 0 fully saturated rings. The van der Waals surface area contributed by atoms with Crippen molar-refractivity contribution in [1.29, 1.82) is 0 Å². The fourth-order valence-corrected chi connectivity index (χ4v) is 2.25. The van der Waals surface area contributed by atoms with Crippen LogP contribution in [-0.4, -0.2) is 12.8 Å². The van der Waals surface area contributed by atoms with Gasteiger partial charge in [0.15, 0.2) is 0 Å². The number of halogens is 1. The molecule has 0 amide bonds. The summed E-state index contributed by atoms with van der Waals surface area (Å²) in [5, 5.41) is 0.861. The number of rotatable bonds is 4. The van der Waals surface area contributed by atoms with Crippen LogP contribution in [0.5, 0.6) is 0 Å². The molecule has 2 N–H and O–H groups in total. The van der Waals surface area contributed by atoms with E-state index < -0.39 is 0 Å². The van der Waals surface area contributed by atoms with Gasteiger partial charge in [0.05, 0.1) is 0 Å². The van der Waals surface area contributed by atoms with Gasteiger partial charge in [-0.25, -0.2) is 0 Å². The molecule has 0 radical (unpaired) electrons. The molecule has 0 heterocycles. The lowest BCUT2D eigenvalue weighted by molar-refractivity contribution is 0.821. The predicted octanol–water partition coefficient (Wildman–Crippen LogP) is 2.95. The van der Waals surface area contributed by atoms with Gasteiger partial charge in [-0.1, -0.05) is 17.7 Å². The molecule has 1 aromatic carbocycles. The summed E-state index contributed by atoms with van der Waals surface area (Å²) in [6, 6.07) is 6.02. The van der Waals surface area contributed by atoms with Crippen LogP contribution in [0, 0.1) is 0 Å². The zero-order valence-electron chi connectivity index (χ0n) is 7.72. The van der Waals surface area contributed by atoms with Crippen LogP contribution in [-0.2, 0) is 6.42 Å². The topological polar surface area (TPSA) is 26.0 Å². The second-order valence-corrected chi connectivity index (χ2v) is 4.07. The highest BCUT2D eigenvalue weighted by Gasteiger charge is 2.04. The number of nitrogens with two attached hydrogens (primary N) is 1. The Balaban J connectivity index is 2.87. The highest BCUT2D eigenvalue weighted by atomic mass is 35.5. The van der Waals surface area contributed by atoms with E-state index in [2.05, 4.69) is 12.3 Å². The van der Waals surface area contributed by atoms with E-state index in [1.54, 1.807) is 11.8 Å². The van der Waals surface area contributed by atoms with Crippen molar-refractivity contribution in [3.05, 3.63) is 28.8 Å². The number of hydrogen-bond donors (Lipinski definition) is 1. The van der Waals surface area contributed by atoms with Gasteiger partial charge in [-0.15, -0.1) is 11.8 Å². The van der Waals surface area contributed by atoms with Crippen LogP contribution in [0.3, 0.4) is 0 Å². The third-order valence-corrected chi connectivity index (χ3v) is 3.10. The van der Waals surface area contributed by atoms with Gasteiger partial charge in [-0.05, 0) is 43.3 Å². The molecule has 0 saturated heterocycles. The summed E-state index contributed by atoms with van der Waals surface area (Å²) >= 11 is 7.82. The van der Waals surface area contributed by atoms with Gasteiger partial charge in [0.25, 0.3) is 0 Å². The minimum absolute atomic E-state index is 0.721. The second-order valence-electron chi connectivity index (χ2n) is 2.81. The lowest BCUT2D eigenvalue weighted by Crippen LogP contribution is -2.01. The van der Waals surface area contributed by atoms with E-state index in [1.807, 2.05) is 12.1 Å². The van der Waals surface area contributed by atoms with Gasteiger partial charge in [-0.2, -0.15) is 0 Å². The maximum Gasteiger partial charge on any atom is 0.0449 e. The highest BCUT2D eigenvalue weighted by molar-refractivity contribution is 7.98. The van der Waals surface area contributed by atoms with Crippen molar-refractivity contribution in [2.24, 2.45) is 5.73 Å². The summed E-state index contributed by atoms with van der Waals surface area (Å²) in [6.45, 7) is 0.721. The van der Waals surface area contributed by atoms with E-state index in [1.165, 1.54) is 10.5 Å². The van der Waals surface area contributed by atoms with E-state index >= 15 is 0 Å². The van der Waals surface area contributed by atoms with Crippen molar-refractivity contribution >= 4 is 23.4 Å². The molecular weight excluding hydrogens is 202 g/mol. The highest BCUT2D eigenvalue weighted by Crippen LogP contribution is 2.27. The van der Waals surface area contributed by atoms with Crippen LogP contribution in [0.15, 0.2) is 23.1 Å². The van der Waals surface area contributed by atoms with Crippen LogP contribution in [0.4, 0.5) is 0 Å². The van der Waals surface area contributed by atoms with Crippen molar-refractivity contribution in [1.82, 2.24) is 0 Å². The minimum atomic E-state index is 0.721. The molecule has 1 rings (SSSR count). The molecule has 0 atom stereocenters. The summed E-state index contributed by atoms with van der Waals surface area (Å²) in [5.41, 5.74) is 6.71. The van der Waals surface area contributed by atoms with Crippen LogP contribution in [0.1, 0.15) is 12.0 Å². The standard InChI is InChI=1S/C10H14ClNS/c1-13-10-6-2-5-9(11)8(10)4-3-7-12/h2,5-6H,3-4,7,12H2,1H3. The Morgan fingerprint density at radius 3 is 2.85 bits per heavy atom. The van der Waals surface area contributed by atoms with E-state index in [-0.39, 0.29) is 0 Å². The Labute approximate surface area is 88.7 Å². The van der Waals surface area contributed by atoms with E-state index in [9.17, 15) is 0 Å². The molecule has 0 aliphatic heterocycles. The van der Waals surface area contributed by atoms with Crippen molar-refractivity contribution in [3.8, 4) is 0 Å². The molecule has 0 aromatic heterocycles. The van der Waals surface area contributed by atoms with Crippen molar-refractivity contribution in [3.63, 3.8) is 0 Å². The maximum atomic E-state index is 6.09. The Kier molecular flexibility index (Phi) is 4.64. The monoisotopic (exact) mass is 215 g/mol. The zero-order chi connectivity index (χ0) is 9.68. The quantitative estimate of drug-likeness (QED) is 0.782. The van der Waals surface area contributed by atoms with E-state index in [0.717, 1.165) is 24.4 Å². The summed E-state index contributed by atoms with van der Waals surface area (Å²) in [5.74, 6) is 0. The molecule has 0 aliphatic rings. The first kappa shape index (κ1) is 10.9. The first-order valence-corrected chi connectivity index (χ1v) is 5.91. The third kappa shape index (κ3) is 2.90. The minimum Gasteiger partial charge on any atom is -0.330 e. The van der Waals surface area contributed by atoms with Crippen molar-refractivity contribution < 1.29 is 0 Å². The normalized spacial score (nSPS) is 10.4.